The second-order valence-corrected chi connectivity index (χ2v) is 7.52. The van der Waals surface area contributed by atoms with E-state index in [9.17, 15) is 9.59 Å². The topological polar surface area (TPSA) is 136 Å². The molecule has 0 atom stereocenters. The Balaban J connectivity index is 1.37. The lowest BCUT2D eigenvalue weighted by Gasteiger charge is -2.07. The van der Waals surface area contributed by atoms with E-state index in [1.807, 2.05) is 60.7 Å². The molecule has 0 spiro atoms. The molecule has 11 nitrogen and oxygen atoms in total. The highest BCUT2D eigenvalue weighted by atomic mass is 32.2. The SMILES string of the molecule is Cc1cc(OCC(=O)ON/N=C\c2ccccc2)nc(SCOC(=O)N/N=C\c2ccccc2)n1. The van der Waals surface area contributed by atoms with Crippen LogP contribution >= 0.6 is 11.8 Å². The molecular formula is C23H22N6O5S. The molecule has 2 N–H and O–H groups in total. The van der Waals surface area contributed by atoms with E-state index in [0.29, 0.717) is 10.9 Å². The minimum Gasteiger partial charge on any atom is -0.465 e. The first kappa shape index (κ1) is 25.2. The molecule has 0 aliphatic carbocycles. The minimum absolute atomic E-state index is 0.0546. The smallest absolute Gasteiger partial charge is 0.428 e. The molecular weight excluding hydrogens is 472 g/mol. The number of aromatic nitrogens is 2. The maximum atomic E-state index is 11.8. The molecule has 12 heteroatoms. The standard InChI is InChI=1S/C23H22N6O5S/c1-17-12-20(32-15-21(30)34-29-25-14-19-10-6-3-7-11-19)27-22(26-17)35-16-33-23(31)28-24-13-18-8-4-2-5-9-18/h2-14,29H,15-16H2,1H3,(H,28,31)/b24-13-,25-14-. The normalized spacial score (nSPS) is 10.8. The van der Waals surface area contributed by atoms with Gasteiger partial charge in [-0.1, -0.05) is 60.7 Å². The molecule has 1 heterocycles. The maximum Gasteiger partial charge on any atom is 0.428 e. The third-order valence-corrected chi connectivity index (χ3v) is 4.60. The number of aryl methyl sites for hydroxylation is 1. The first-order chi connectivity index (χ1) is 17.1. The van der Waals surface area contributed by atoms with Gasteiger partial charge in [-0.15, -0.1) is 5.59 Å². The summed E-state index contributed by atoms with van der Waals surface area (Å²) in [6.45, 7) is 1.34. The van der Waals surface area contributed by atoms with Crippen LogP contribution in [0.2, 0.25) is 0 Å². The molecule has 1 amide bonds. The Labute approximate surface area is 205 Å². The van der Waals surface area contributed by atoms with Crippen LogP contribution in [-0.4, -0.2) is 47.0 Å². The summed E-state index contributed by atoms with van der Waals surface area (Å²) in [5.74, 6) is -0.584. The summed E-state index contributed by atoms with van der Waals surface area (Å²) in [4.78, 5) is 36.7. The van der Waals surface area contributed by atoms with Crippen molar-refractivity contribution in [1.82, 2.24) is 21.0 Å². The highest BCUT2D eigenvalue weighted by molar-refractivity contribution is 7.99. The van der Waals surface area contributed by atoms with Gasteiger partial charge in [-0.3, -0.25) is 0 Å². The Morgan fingerprint density at radius 3 is 2.31 bits per heavy atom. The summed E-state index contributed by atoms with van der Waals surface area (Å²) < 4.78 is 10.4. The van der Waals surface area contributed by atoms with Crippen LogP contribution in [-0.2, 0) is 14.4 Å². The molecule has 3 rings (SSSR count). The molecule has 0 bridgehead atoms. The molecule has 0 aliphatic rings. The predicted octanol–water partition coefficient (Wildman–Crippen LogP) is 3.06. The van der Waals surface area contributed by atoms with Gasteiger partial charge in [0, 0.05) is 11.8 Å². The van der Waals surface area contributed by atoms with E-state index in [1.165, 1.54) is 12.4 Å². The number of hydrazone groups is 2. The number of carbonyl (C=O) groups is 2. The van der Waals surface area contributed by atoms with Crippen molar-refractivity contribution in [3.63, 3.8) is 0 Å². The fourth-order valence-electron chi connectivity index (χ4n) is 2.40. The molecule has 180 valence electrons. The molecule has 0 saturated carbocycles. The van der Waals surface area contributed by atoms with Gasteiger partial charge in [-0.2, -0.15) is 15.2 Å². The Bertz CT molecular complexity index is 1160. The van der Waals surface area contributed by atoms with E-state index < -0.39 is 18.7 Å². The van der Waals surface area contributed by atoms with Gasteiger partial charge >= 0.3 is 12.1 Å². The van der Waals surface area contributed by atoms with Crippen molar-refractivity contribution in [3.8, 4) is 5.88 Å². The van der Waals surface area contributed by atoms with Crippen LogP contribution in [0.15, 0.2) is 82.1 Å². The van der Waals surface area contributed by atoms with Crippen LogP contribution < -0.4 is 15.8 Å². The van der Waals surface area contributed by atoms with Gasteiger partial charge in [-0.05, 0) is 29.8 Å². The van der Waals surface area contributed by atoms with Crippen LogP contribution in [0.5, 0.6) is 5.88 Å². The average molecular weight is 495 g/mol. The number of rotatable bonds is 11. The number of carbonyl (C=O) groups excluding carboxylic acids is 2. The summed E-state index contributed by atoms with van der Waals surface area (Å²) in [7, 11) is 0. The van der Waals surface area contributed by atoms with Gasteiger partial charge in [0.25, 0.3) is 0 Å². The molecule has 2 aromatic carbocycles. The number of nitrogens with zero attached hydrogens (tertiary/aromatic N) is 4. The number of thioether (sulfide) groups is 1. The largest absolute Gasteiger partial charge is 0.465 e. The number of hydrogen-bond acceptors (Lipinski definition) is 11. The molecule has 0 radical (unpaired) electrons. The third-order valence-electron chi connectivity index (χ3n) is 3.92. The first-order valence-electron chi connectivity index (χ1n) is 10.2. The fourth-order valence-corrected chi connectivity index (χ4v) is 3.03. The van der Waals surface area contributed by atoms with Gasteiger partial charge in [0.15, 0.2) is 11.8 Å². The van der Waals surface area contributed by atoms with Crippen molar-refractivity contribution in [2.75, 3.05) is 12.5 Å². The molecule has 35 heavy (non-hydrogen) atoms. The zero-order chi connectivity index (χ0) is 24.7. The van der Waals surface area contributed by atoms with Crippen molar-refractivity contribution < 1.29 is 23.9 Å². The second kappa shape index (κ2) is 14.0. The average Bonchev–Trinajstić information content (AvgIpc) is 2.86. The monoisotopic (exact) mass is 494 g/mol. The Morgan fingerprint density at radius 1 is 0.971 bits per heavy atom. The van der Waals surface area contributed by atoms with Gasteiger partial charge in [0.1, 0.15) is 5.94 Å². The first-order valence-corrected chi connectivity index (χ1v) is 11.2. The van der Waals surface area contributed by atoms with E-state index in [0.717, 1.165) is 22.9 Å². The Kier molecular flexibility index (Phi) is 10.0. The molecule has 0 fully saturated rings. The maximum absolute atomic E-state index is 11.8. The van der Waals surface area contributed by atoms with Crippen LogP contribution in [0.1, 0.15) is 16.8 Å². The van der Waals surface area contributed by atoms with Crippen LogP contribution in [0.3, 0.4) is 0 Å². The van der Waals surface area contributed by atoms with E-state index in [2.05, 4.69) is 31.2 Å². The highest BCUT2D eigenvalue weighted by Gasteiger charge is 2.09. The van der Waals surface area contributed by atoms with Gasteiger partial charge in [0.05, 0.1) is 12.4 Å². The number of ether oxygens (including phenoxy) is 2. The summed E-state index contributed by atoms with van der Waals surface area (Å²) >= 11 is 1.07. The van der Waals surface area contributed by atoms with Gasteiger partial charge in [0.2, 0.25) is 5.88 Å². The molecule has 0 unspecified atom stereocenters. The summed E-state index contributed by atoms with van der Waals surface area (Å²) in [6.07, 6.45) is 2.28. The Morgan fingerprint density at radius 2 is 1.63 bits per heavy atom. The van der Waals surface area contributed by atoms with Crippen LogP contribution in [0.25, 0.3) is 0 Å². The van der Waals surface area contributed by atoms with E-state index in [1.54, 1.807) is 13.0 Å². The van der Waals surface area contributed by atoms with Crippen LogP contribution in [0.4, 0.5) is 4.79 Å². The van der Waals surface area contributed by atoms with Gasteiger partial charge < -0.3 is 14.3 Å². The molecule has 1 aromatic heterocycles. The number of nitrogens with one attached hydrogen (secondary N) is 2. The van der Waals surface area contributed by atoms with Crippen LogP contribution in [0, 0.1) is 6.92 Å². The van der Waals surface area contributed by atoms with Crippen molar-refractivity contribution in [2.24, 2.45) is 10.2 Å². The van der Waals surface area contributed by atoms with E-state index >= 15 is 0 Å². The number of amides is 1. The molecule has 0 saturated heterocycles. The number of benzene rings is 2. The fraction of sp³-hybridized carbons (Fsp3) is 0.130. The zero-order valence-electron chi connectivity index (χ0n) is 18.7. The number of hydrogen-bond donors (Lipinski definition) is 2. The Hall–Kier alpha value is -4.45. The lowest BCUT2D eigenvalue weighted by Crippen LogP contribution is -2.21. The highest BCUT2D eigenvalue weighted by Crippen LogP contribution is 2.18. The lowest BCUT2D eigenvalue weighted by molar-refractivity contribution is -0.153. The van der Waals surface area contributed by atoms with Crippen molar-refractivity contribution in [3.05, 3.63) is 83.6 Å². The summed E-state index contributed by atoms with van der Waals surface area (Å²) in [5, 5.41) is 7.90. The predicted molar refractivity (Wildman–Crippen MR) is 130 cm³/mol. The summed E-state index contributed by atoms with van der Waals surface area (Å²) in [6, 6.07) is 20.1. The second-order valence-electron chi connectivity index (χ2n) is 6.63. The van der Waals surface area contributed by atoms with E-state index in [4.69, 9.17) is 14.3 Å². The quantitative estimate of drug-likeness (QED) is 0.135. The lowest BCUT2D eigenvalue weighted by atomic mass is 10.2. The van der Waals surface area contributed by atoms with E-state index in [-0.39, 0.29) is 11.8 Å². The third kappa shape index (κ3) is 9.92. The molecule has 0 aliphatic heterocycles. The van der Waals surface area contributed by atoms with Gasteiger partial charge in [-0.25, -0.2) is 20.0 Å². The zero-order valence-corrected chi connectivity index (χ0v) is 19.5. The van der Waals surface area contributed by atoms with Crippen molar-refractivity contribution in [1.29, 1.82) is 0 Å². The summed E-state index contributed by atoms with van der Waals surface area (Å²) in [5.41, 5.74) is 6.74. The van der Waals surface area contributed by atoms with Crippen molar-refractivity contribution >= 4 is 36.3 Å². The molecule has 3 aromatic rings. The van der Waals surface area contributed by atoms with Crippen molar-refractivity contribution in [2.45, 2.75) is 12.1 Å². The minimum atomic E-state index is -0.723.